The van der Waals surface area contributed by atoms with Crippen LogP contribution in [-0.2, 0) is 13.2 Å². The van der Waals surface area contributed by atoms with Crippen LogP contribution in [0.5, 0.6) is 0 Å². The minimum absolute atomic E-state index is 0.0620. The Morgan fingerprint density at radius 1 is 1.53 bits per heavy atom. The van der Waals surface area contributed by atoms with E-state index in [1.165, 1.54) is 0 Å². The highest BCUT2D eigenvalue weighted by Gasteiger charge is 2.05. The van der Waals surface area contributed by atoms with Gasteiger partial charge in [0.25, 0.3) is 0 Å². The molecular formula is C12H17NO2. The van der Waals surface area contributed by atoms with E-state index in [9.17, 15) is 0 Å². The zero-order chi connectivity index (χ0) is 11.1. The average molecular weight is 207 g/mol. The molecule has 1 unspecified atom stereocenters. The van der Waals surface area contributed by atoms with Gasteiger partial charge in [-0.25, -0.2) is 0 Å². The van der Waals surface area contributed by atoms with Gasteiger partial charge in [0.05, 0.1) is 12.6 Å². The zero-order valence-electron chi connectivity index (χ0n) is 8.99. The summed E-state index contributed by atoms with van der Waals surface area (Å²) in [6.07, 6.45) is 7.39. The number of aliphatic hydroxyl groups is 1. The third-order valence-electron chi connectivity index (χ3n) is 2.17. The van der Waals surface area contributed by atoms with Gasteiger partial charge in [-0.15, -0.1) is 6.42 Å². The second-order valence-corrected chi connectivity index (χ2v) is 3.41. The van der Waals surface area contributed by atoms with Crippen LogP contribution in [0.3, 0.4) is 0 Å². The van der Waals surface area contributed by atoms with Crippen molar-refractivity contribution in [3.8, 4) is 12.3 Å². The molecule has 3 heteroatoms. The molecule has 0 aliphatic carbocycles. The first kappa shape index (κ1) is 11.8. The highest BCUT2D eigenvalue weighted by molar-refractivity contribution is 5.07. The SMILES string of the molecule is C#CC(CCC)NCc1ccc(CO)o1. The maximum Gasteiger partial charge on any atom is 0.129 e. The first-order valence-electron chi connectivity index (χ1n) is 5.18. The van der Waals surface area contributed by atoms with Gasteiger partial charge in [0.1, 0.15) is 18.1 Å². The minimum Gasteiger partial charge on any atom is -0.462 e. The van der Waals surface area contributed by atoms with Crippen LogP contribution >= 0.6 is 0 Å². The zero-order valence-corrected chi connectivity index (χ0v) is 8.99. The monoisotopic (exact) mass is 207 g/mol. The summed E-state index contributed by atoms with van der Waals surface area (Å²) < 4.78 is 5.32. The van der Waals surface area contributed by atoms with Crippen molar-refractivity contribution in [3.05, 3.63) is 23.7 Å². The Morgan fingerprint density at radius 2 is 2.27 bits per heavy atom. The van der Waals surface area contributed by atoms with E-state index < -0.39 is 0 Å². The molecule has 0 aliphatic heterocycles. The fraction of sp³-hybridized carbons (Fsp3) is 0.500. The third kappa shape index (κ3) is 3.78. The smallest absolute Gasteiger partial charge is 0.129 e. The predicted octanol–water partition coefficient (Wildman–Crippen LogP) is 1.66. The standard InChI is InChI=1S/C12H17NO2/c1-3-5-10(4-2)13-8-11-6-7-12(9-14)15-11/h2,6-7,10,13-14H,3,5,8-9H2,1H3. The van der Waals surface area contributed by atoms with Gasteiger partial charge in [-0.1, -0.05) is 19.3 Å². The number of furan rings is 1. The van der Waals surface area contributed by atoms with E-state index in [2.05, 4.69) is 18.2 Å². The first-order chi connectivity index (χ1) is 7.30. The molecule has 2 N–H and O–H groups in total. The number of hydrogen-bond acceptors (Lipinski definition) is 3. The summed E-state index contributed by atoms with van der Waals surface area (Å²) in [5.41, 5.74) is 0. The summed E-state index contributed by atoms with van der Waals surface area (Å²) in [5.74, 6) is 4.08. The Kier molecular flexibility index (Phi) is 4.96. The van der Waals surface area contributed by atoms with E-state index in [0.29, 0.717) is 12.3 Å². The van der Waals surface area contributed by atoms with Crippen LogP contribution in [-0.4, -0.2) is 11.1 Å². The summed E-state index contributed by atoms with van der Waals surface area (Å²) in [6.45, 7) is 2.64. The number of aliphatic hydroxyl groups excluding tert-OH is 1. The summed E-state index contributed by atoms with van der Waals surface area (Å²) in [7, 11) is 0. The van der Waals surface area contributed by atoms with Gasteiger partial charge in [-0.05, 0) is 18.6 Å². The number of nitrogens with one attached hydrogen (secondary N) is 1. The van der Waals surface area contributed by atoms with E-state index in [1.807, 2.05) is 6.07 Å². The van der Waals surface area contributed by atoms with Crippen molar-refractivity contribution < 1.29 is 9.52 Å². The van der Waals surface area contributed by atoms with Crippen LogP contribution in [0, 0.1) is 12.3 Å². The van der Waals surface area contributed by atoms with Crippen LogP contribution < -0.4 is 5.32 Å². The Bertz CT molecular complexity index is 325. The van der Waals surface area contributed by atoms with E-state index in [0.717, 1.165) is 18.6 Å². The van der Waals surface area contributed by atoms with Crippen LogP contribution in [0.25, 0.3) is 0 Å². The van der Waals surface area contributed by atoms with Gasteiger partial charge in [0, 0.05) is 0 Å². The lowest BCUT2D eigenvalue weighted by Crippen LogP contribution is -2.26. The number of hydrogen-bond donors (Lipinski definition) is 2. The summed E-state index contributed by atoms with van der Waals surface area (Å²) in [4.78, 5) is 0. The molecule has 0 amide bonds. The van der Waals surface area contributed by atoms with Crippen LogP contribution in [0.4, 0.5) is 0 Å². The van der Waals surface area contributed by atoms with E-state index in [4.69, 9.17) is 15.9 Å². The largest absolute Gasteiger partial charge is 0.462 e. The van der Waals surface area contributed by atoms with E-state index in [1.54, 1.807) is 6.07 Å². The Balaban J connectivity index is 2.39. The van der Waals surface area contributed by atoms with Crippen molar-refractivity contribution in [1.82, 2.24) is 5.32 Å². The van der Waals surface area contributed by atoms with Gasteiger partial charge in [0.2, 0.25) is 0 Å². The normalized spacial score (nSPS) is 12.3. The molecule has 0 aromatic carbocycles. The maximum atomic E-state index is 8.81. The molecule has 0 saturated heterocycles. The van der Waals surface area contributed by atoms with Gasteiger partial charge in [-0.3, -0.25) is 5.32 Å². The lowest BCUT2D eigenvalue weighted by atomic mass is 10.2. The molecule has 0 spiro atoms. The van der Waals surface area contributed by atoms with E-state index in [-0.39, 0.29) is 12.6 Å². The van der Waals surface area contributed by atoms with Crippen LogP contribution in [0.2, 0.25) is 0 Å². The average Bonchev–Trinajstić information content (AvgIpc) is 2.72. The predicted molar refractivity (Wildman–Crippen MR) is 59.0 cm³/mol. The number of terminal acetylenes is 1. The first-order valence-corrected chi connectivity index (χ1v) is 5.18. The van der Waals surface area contributed by atoms with Gasteiger partial charge in [-0.2, -0.15) is 0 Å². The second-order valence-electron chi connectivity index (χ2n) is 3.41. The summed E-state index contributed by atoms with van der Waals surface area (Å²) in [5, 5.41) is 12.0. The van der Waals surface area contributed by atoms with Crippen molar-refractivity contribution >= 4 is 0 Å². The molecular weight excluding hydrogens is 190 g/mol. The molecule has 0 saturated carbocycles. The summed E-state index contributed by atoms with van der Waals surface area (Å²) >= 11 is 0. The molecule has 0 bridgehead atoms. The number of rotatable bonds is 6. The van der Waals surface area contributed by atoms with Crippen molar-refractivity contribution in [2.75, 3.05) is 0 Å². The Hall–Kier alpha value is -1.24. The van der Waals surface area contributed by atoms with Crippen molar-refractivity contribution in [3.63, 3.8) is 0 Å². The molecule has 1 aromatic rings. The van der Waals surface area contributed by atoms with Gasteiger partial charge >= 0.3 is 0 Å². The Morgan fingerprint density at radius 3 is 2.80 bits per heavy atom. The highest BCUT2D eigenvalue weighted by Crippen LogP contribution is 2.08. The highest BCUT2D eigenvalue weighted by atomic mass is 16.4. The minimum atomic E-state index is -0.0620. The fourth-order valence-corrected chi connectivity index (χ4v) is 1.36. The fourth-order valence-electron chi connectivity index (χ4n) is 1.36. The maximum absolute atomic E-state index is 8.81. The molecule has 1 atom stereocenters. The molecule has 0 aliphatic rings. The molecule has 1 heterocycles. The molecule has 1 aromatic heterocycles. The summed E-state index contributed by atoms with van der Waals surface area (Å²) in [6, 6.07) is 3.71. The lowest BCUT2D eigenvalue weighted by Gasteiger charge is -2.09. The molecule has 15 heavy (non-hydrogen) atoms. The molecule has 0 fully saturated rings. The van der Waals surface area contributed by atoms with E-state index >= 15 is 0 Å². The molecule has 82 valence electrons. The topological polar surface area (TPSA) is 45.4 Å². The van der Waals surface area contributed by atoms with Crippen LogP contribution in [0.15, 0.2) is 16.5 Å². The van der Waals surface area contributed by atoms with Gasteiger partial charge < -0.3 is 9.52 Å². The molecule has 3 nitrogen and oxygen atoms in total. The van der Waals surface area contributed by atoms with Crippen LogP contribution in [0.1, 0.15) is 31.3 Å². The quantitative estimate of drug-likeness (QED) is 0.697. The van der Waals surface area contributed by atoms with Crippen molar-refractivity contribution in [2.24, 2.45) is 0 Å². The van der Waals surface area contributed by atoms with Crippen molar-refractivity contribution in [1.29, 1.82) is 0 Å². The second kappa shape index (κ2) is 6.28. The Labute approximate surface area is 90.5 Å². The lowest BCUT2D eigenvalue weighted by molar-refractivity contribution is 0.242. The third-order valence-corrected chi connectivity index (χ3v) is 2.17. The molecule has 0 radical (unpaired) electrons. The van der Waals surface area contributed by atoms with Gasteiger partial charge in [0.15, 0.2) is 0 Å². The molecule has 1 rings (SSSR count). The van der Waals surface area contributed by atoms with Crippen molar-refractivity contribution in [2.45, 2.75) is 39.0 Å².